The van der Waals surface area contributed by atoms with Gasteiger partial charge in [0.25, 0.3) is 11.8 Å². The number of thiol groups is 2. The molecule has 0 radical (unpaired) electrons. The summed E-state index contributed by atoms with van der Waals surface area (Å²) in [6, 6.07) is 5.12. The van der Waals surface area contributed by atoms with Crippen LogP contribution in [0.4, 0.5) is 0 Å². The molecule has 49 heavy (non-hydrogen) atoms. The number of nitrogens with two attached hydrogens (primary N) is 1. The highest BCUT2D eigenvalue weighted by atomic mass is 32.1. The summed E-state index contributed by atoms with van der Waals surface area (Å²) < 4.78 is 35.1. The minimum Gasteiger partial charge on any atom is -0.480 e. The number of carbonyl (C=O) groups excluding carboxylic acids is 3. The lowest BCUT2D eigenvalue weighted by atomic mass is 10.1. The van der Waals surface area contributed by atoms with Gasteiger partial charge < -0.3 is 53.3 Å². The monoisotopic (exact) mass is 760 g/mol. The molecule has 5 rings (SSSR count). The van der Waals surface area contributed by atoms with Crippen LogP contribution in [-0.4, -0.2) is 120 Å². The van der Waals surface area contributed by atoms with Crippen LogP contribution in [0.15, 0.2) is 24.3 Å². The van der Waals surface area contributed by atoms with Gasteiger partial charge in [0.05, 0.1) is 36.6 Å². The first-order valence-electron chi connectivity index (χ1n) is 16.5. The fourth-order valence-corrected chi connectivity index (χ4v) is 13.3. The smallest absolute Gasteiger partial charge is 0.480 e. The number of fused-ring (bicyclic) bond motifs is 4. The lowest BCUT2D eigenvalue weighted by Crippen LogP contribution is -2.48. The molecule has 4 fully saturated rings. The van der Waals surface area contributed by atoms with Gasteiger partial charge in [0.15, 0.2) is 0 Å². The van der Waals surface area contributed by atoms with E-state index in [9.17, 15) is 19.2 Å². The zero-order valence-corrected chi connectivity index (χ0v) is 31.9. The van der Waals surface area contributed by atoms with Crippen LogP contribution in [0.1, 0.15) is 61.3 Å². The van der Waals surface area contributed by atoms with E-state index in [0.717, 1.165) is 12.5 Å². The van der Waals surface area contributed by atoms with Crippen LogP contribution in [0.2, 0.25) is 12.1 Å². The van der Waals surface area contributed by atoms with Gasteiger partial charge >= 0.3 is 23.6 Å². The van der Waals surface area contributed by atoms with Crippen LogP contribution in [0.25, 0.3) is 0 Å². The van der Waals surface area contributed by atoms with E-state index in [0.29, 0.717) is 25.6 Å². The first-order chi connectivity index (χ1) is 23.3. The van der Waals surface area contributed by atoms with Crippen LogP contribution in [-0.2, 0) is 36.1 Å². The fraction of sp³-hybridized carbons (Fsp3) is 0.667. The number of carboxylic acid groups (broad SMARTS) is 1. The number of benzene rings is 1. The van der Waals surface area contributed by atoms with Gasteiger partial charge in [-0.2, -0.15) is 25.3 Å². The summed E-state index contributed by atoms with van der Waals surface area (Å²) in [7, 11) is -4.94. The molecule has 6 unspecified atom stereocenters. The summed E-state index contributed by atoms with van der Waals surface area (Å²) >= 11 is 8.09. The molecule has 0 aromatic heterocycles. The molecule has 0 saturated carbocycles. The van der Waals surface area contributed by atoms with Crippen molar-refractivity contribution in [3.8, 4) is 0 Å². The number of carboxylic acids is 1. The van der Waals surface area contributed by atoms with Crippen molar-refractivity contribution in [2.45, 2.75) is 101 Å². The molecule has 4 aliphatic rings. The first kappa shape index (κ1) is 39.7. The quantitative estimate of drug-likeness (QED) is 0.0760. The summed E-state index contributed by atoms with van der Waals surface area (Å²) in [6.45, 7) is 9.08. The maximum atomic E-state index is 12.7. The van der Waals surface area contributed by atoms with Crippen molar-refractivity contribution in [1.82, 2.24) is 16.0 Å². The van der Waals surface area contributed by atoms with Gasteiger partial charge in [-0.3, -0.25) is 14.4 Å². The highest BCUT2D eigenvalue weighted by Gasteiger charge is 2.61. The molecule has 19 heteroatoms. The molecule has 1 aromatic carbocycles. The molecule has 15 nitrogen and oxygen atoms in total. The minimum atomic E-state index is -2.68. The van der Waals surface area contributed by atoms with E-state index in [2.05, 4.69) is 55.1 Å². The molecule has 4 saturated heterocycles. The predicted molar refractivity (Wildman–Crippen MR) is 189 cm³/mol. The molecule has 6 N–H and O–H groups in total. The van der Waals surface area contributed by atoms with E-state index in [1.807, 2.05) is 13.8 Å². The Labute approximate surface area is 299 Å². The second kappa shape index (κ2) is 17.4. The number of amides is 3. The Kier molecular flexibility index (Phi) is 14.1. The Bertz CT molecular complexity index is 1330. The molecular weight excluding hydrogens is 713 g/mol. The van der Waals surface area contributed by atoms with Crippen molar-refractivity contribution >= 4 is 66.6 Å². The van der Waals surface area contributed by atoms with Gasteiger partial charge in [-0.25, -0.2) is 4.79 Å². The second-order valence-electron chi connectivity index (χ2n) is 12.4. The summed E-state index contributed by atoms with van der Waals surface area (Å²) in [6.07, 6.45) is 2.05. The fourth-order valence-electron chi connectivity index (χ4n) is 6.11. The number of nitrogens with one attached hydrogen (secondary N) is 3. The minimum absolute atomic E-state index is 0.00458. The third-order valence-electron chi connectivity index (χ3n) is 8.57. The van der Waals surface area contributed by atoms with Crippen molar-refractivity contribution in [3.63, 3.8) is 0 Å². The zero-order chi connectivity index (χ0) is 35.9. The molecule has 4 heterocycles. The van der Waals surface area contributed by atoms with E-state index in [-0.39, 0.29) is 59.3 Å². The molecule has 6 atom stereocenters. The van der Waals surface area contributed by atoms with Crippen molar-refractivity contribution < 1.29 is 50.8 Å². The lowest BCUT2D eigenvalue weighted by Gasteiger charge is -2.26. The summed E-state index contributed by atoms with van der Waals surface area (Å²) in [5.41, 5.74) is 5.69. The topological polar surface area (TPSA) is 206 Å². The third kappa shape index (κ3) is 9.85. The van der Waals surface area contributed by atoms with E-state index in [1.165, 1.54) is 24.3 Å². The standard InChI is InChI=1S/C22H31N3O8S2Si.C8H17NO3Si/c1-12-18-13(2)32-36(31-12,33-18)8-4-7-23-21(28)16(10-34)24-19(26)14-5-3-6-15(9-14)20(27)25-17(11-35)22(29)30;1-6-8-7(2)11-13(10-6,12-8)5-3-4-9/h3,5-6,9,12-13,16-18,34-35H,4,7-8,10-11H2,1-2H3,(H,23,28)(H,24,26)(H,25,27)(H,29,30);6-8H,3-5,9H2,1-2H3. The van der Waals surface area contributed by atoms with Crippen molar-refractivity contribution in [3.05, 3.63) is 35.4 Å². The Morgan fingerprint density at radius 1 is 0.776 bits per heavy atom. The second-order valence-corrected chi connectivity index (χ2v) is 18.3. The maximum absolute atomic E-state index is 12.7. The largest absolute Gasteiger partial charge is 0.502 e. The van der Waals surface area contributed by atoms with Gasteiger partial charge in [-0.15, -0.1) is 0 Å². The van der Waals surface area contributed by atoms with Crippen molar-refractivity contribution in [2.75, 3.05) is 24.6 Å². The SMILES string of the molecule is CC1O[Si]2(CCCN)OC(C)C1O2.CC1O[Si]2(CCCNC(=O)C(CS)NC(=O)c3cccc(C(=O)NC(CS)C(=O)O)c3)OC(C)C1O2. The highest BCUT2D eigenvalue weighted by Crippen LogP contribution is 2.41. The normalized spacial score (nSPS) is 32.1. The van der Waals surface area contributed by atoms with Crippen LogP contribution in [0.3, 0.4) is 0 Å². The Hall–Kier alpha value is -2.05. The van der Waals surface area contributed by atoms with E-state index in [4.69, 9.17) is 37.4 Å². The molecule has 0 aliphatic carbocycles. The van der Waals surface area contributed by atoms with Gasteiger partial charge in [-0.1, -0.05) is 6.07 Å². The number of carbonyl (C=O) groups is 4. The summed E-state index contributed by atoms with van der Waals surface area (Å²) in [5, 5.41) is 16.8. The summed E-state index contributed by atoms with van der Waals surface area (Å²) in [5.74, 6) is -2.88. The van der Waals surface area contributed by atoms with Gasteiger partial charge in [0.1, 0.15) is 12.1 Å². The van der Waals surface area contributed by atoms with Crippen LogP contribution in [0, 0.1) is 0 Å². The molecule has 3 amide bonds. The molecule has 4 bridgehead atoms. The van der Waals surface area contributed by atoms with E-state index in [1.54, 1.807) is 0 Å². The summed E-state index contributed by atoms with van der Waals surface area (Å²) in [4.78, 5) is 48.8. The molecule has 274 valence electrons. The molecule has 0 spiro atoms. The maximum Gasteiger partial charge on any atom is 0.502 e. The van der Waals surface area contributed by atoms with Gasteiger partial charge in [0.2, 0.25) is 5.91 Å². The highest BCUT2D eigenvalue weighted by molar-refractivity contribution is 7.80. The molecule has 1 aromatic rings. The van der Waals surface area contributed by atoms with E-state index >= 15 is 0 Å². The lowest BCUT2D eigenvalue weighted by molar-refractivity contribution is -0.138. The Morgan fingerprint density at radius 3 is 1.63 bits per heavy atom. The van der Waals surface area contributed by atoms with Crippen LogP contribution < -0.4 is 21.7 Å². The van der Waals surface area contributed by atoms with Crippen molar-refractivity contribution in [2.24, 2.45) is 5.73 Å². The number of hydrogen-bond donors (Lipinski definition) is 7. The number of rotatable bonds is 15. The Morgan fingerprint density at radius 2 is 1.22 bits per heavy atom. The average Bonchev–Trinajstić information content (AvgIpc) is 3.79. The average molecular weight is 761 g/mol. The van der Waals surface area contributed by atoms with Gasteiger partial charge in [0, 0.05) is 41.3 Å². The zero-order valence-electron chi connectivity index (χ0n) is 28.1. The Balaban J connectivity index is 0.000000344. The van der Waals surface area contributed by atoms with Crippen LogP contribution >= 0.6 is 25.3 Å². The molecular formula is C30H48N4O11S2Si2. The third-order valence-corrected chi connectivity index (χ3v) is 15.4. The predicted octanol–water partition coefficient (Wildman–Crippen LogP) is 0.992. The van der Waals surface area contributed by atoms with Crippen LogP contribution in [0.5, 0.6) is 0 Å². The first-order valence-corrected chi connectivity index (χ1v) is 21.6. The number of aliphatic carboxylic acids is 1. The van der Waals surface area contributed by atoms with E-state index < -0.39 is 53.4 Å². The van der Waals surface area contributed by atoms with Gasteiger partial charge in [-0.05, 0) is 65.3 Å². The van der Waals surface area contributed by atoms with Crippen molar-refractivity contribution in [1.29, 1.82) is 0 Å². The number of hydrogen-bond acceptors (Lipinski definition) is 13. The molecule has 4 aliphatic heterocycles.